The predicted molar refractivity (Wildman–Crippen MR) is 108 cm³/mol. The van der Waals surface area contributed by atoms with Gasteiger partial charge >= 0.3 is 0 Å². The first-order chi connectivity index (χ1) is 13.3. The molecular weight excluding hydrogens is 334 g/mol. The third kappa shape index (κ3) is 4.47. The largest absolute Gasteiger partial charge is 0.348 e. The number of aromatic nitrogens is 1. The Hall–Kier alpha value is -2.85. The van der Waals surface area contributed by atoms with Crippen molar-refractivity contribution < 1.29 is 4.79 Å². The van der Waals surface area contributed by atoms with Gasteiger partial charge in [0.2, 0.25) is 0 Å². The molecule has 0 spiro atoms. The summed E-state index contributed by atoms with van der Waals surface area (Å²) in [5, 5.41) is 3.01. The number of carbonyl (C=O) groups is 1. The lowest BCUT2D eigenvalue weighted by atomic mass is 10.1. The van der Waals surface area contributed by atoms with Crippen molar-refractivity contribution in [2.75, 3.05) is 13.1 Å². The Labute approximate surface area is 160 Å². The second-order valence-electron chi connectivity index (χ2n) is 7.12. The SMILES string of the molecule is O=C(NCc1ccc(CN2CCCC2)cc1)c1ccc(-n2cccc2)cc1. The molecule has 27 heavy (non-hydrogen) atoms. The summed E-state index contributed by atoms with van der Waals surface area (Å²) in [7, 11) is 0. The van der Waals surface area contributed by atoms with Gasteiger partial charge in [0.1, 0.15) is 0 Å². The van der Waals surface area contributed by atoms with Crippen molar-refractivity contribution in [1.29, 1.82) is 0 Å². The van der Waals surface area contributed by atoms with Crippen LogP contribution in [-0.2, 0) is 13.1 Å². The first kappa shape index (κ1) is 17.6. The van der Waals surface area contributed by atoms with Crippen LogP contribution in [0.2, 0.25) is 0 Å². The summed E-state index contributed by atoms with van der Waals surface area (Å²) in [4.78, 5) is 14.9. The van der Waals surface area contributed by atoms with Crippen LogP contribution in [0.5, 0.6) is 0 Å². The van der Waals surface area contributed by atoms with E-state index < -0.39 is 0 Å². The molecule has 1 aromatic heterocycles. The average Bonchev–Trinajstić information content (AvgIpc) is 3.42. The lowest BCUT2D eigenvalue weighted by Gasteiger charge is -2.14. The maximum Gasteiger partial charge on any atom is 0.251 e. The first-order valence-corrected chi connectivity index (χ1v) is 9.60. The second kappa shape index (κ2) is 8.23. The maximum absolute atomic E-state index is 12.4. The highest BCUT2D eigenvalue weighted by atomic mass is 16.1. The molecule has 1 saturated heterocycles. The first-order valence-electron chi connectivity index (χ1n) is 9.60. The van der Waals surface area contributed by atoms with E-state index in [0.29, 0.717) is 12.1 Å². The van der Waals surface area contributed by atoms with Crippen molar-refractivity contribution >= 4 is 5.91 Å². The maximum atomic E-state index is 12.4. The van der Waals surface area contributed by atoms with E-state index in [4.69, 9.17) is 0 Å². The lowest BCUT2D eigenvalue weighted by molar-refractivity contribution is 0.0951. The van der Waals surface area contributed by atoms with Gasteiger partial charge in [0, 0.05) is 36.7 Å². The Balaban J connectivity index is 1.30. The Bertz CT molecular complexity index is 861. The minimum Gasteiger partial charge on any atom is -0.348 e. The quantitative estimate of drug-likeness (QED) is 0.722. The molecule has 0 saturated carbocycles. The minimum absolute atomic E-state index is 0.0461. The van der Waals surface area contributed by atoms with Crippen molar-refractivity contribution in [3.05, 3.63) is 89.7 Å². The summed E-state index contributed by atoms with van der Waals surface area (Å²) in [6.07, 6.45) is 6.61. The van der Waals surface area contributed by atoms with Gasteiger partial charge < -0.3 is 9.88 Å². The molecule has 1 aliphatic heterocycles. The van der Waals surface area contributed by atoms with Crippen molar-refractivity contribution in [2.24, 2.45) is 0 Å². The standard InChI is InChI=1S/C23H25N3O/c27-23(21-9-11-22(12-10-21)26-15-3-4-16-26)24-17-19-5-7-20(8-6-19)18-25-13-1-2-14-25/h3-12,15-16H,1-2,13-14,17-18H2,(H,24,27). The molecular formula is C23H25N3O. The molecule has 1 fully saturated rings. The van der Waals surface area contributed by atoms with Gasteiger partial charge in [-0.1, -0.05) is 24.3 Å². The van der Waals surface area contributed by atoms with E-state index in [1.165, 1.54) is 31.5 Å². The molecule has 1 amide bonds. The number of nitrogens with one attached hydrogen (secondary N) is 1. The van der Waals surface area contributed by atoms with Crippen LogP contribution in [0.25, 0.3) is 5.69 Å². The number of nitrogens with zero attached hydrogens (tertiary/aromatic N) is 2. The molecule has 0 unspecified atom stereocenters. The zero-order valence-electron chi connectivity index (χ0n) is 15.5. The van der Waals surface area contributed by atoms with Crippen LogP contribution in [-0.4, -0.2) is 28.5 Å². The normalized spacial score (nSPS) is 14.4. The zero-order chi connectivity index (χ0) is 18.5. The van der Waals surface area contributed by atoms with Gasteiger partial charge in [-0.15, -0.1) is 0 Å². The number of hydrogen-bond acceptors (Lipinski definition) is 2. The van der Waals surface area contributed by atoms with Crippen LogP contribution >= 0.6 is 0 Å². The average molecular weight is 359 g/mol. The smallest absolute Gasteiger partial charge is 0.251 e. The molecule has 4 heteroatoms. The molecule has 0 aliphatic carbocycles. The summed E-state index contributed by atoms with van der Waals surface area (Å²) in [6, 6.07) is 20.2. The Kier molecular flexibility index (Phi) is 5.35. The summed E-state index contributed by atoms with van der Waals surface area (Å²) in [5.41, 5.74) is 4.19. The van der Waals surface area contributed by atoms with Gasteiger partial charge in [0.15, 0.2) is 0 Å². The van der Waals surface area contributed by atoms with Gasteiger partial charge in [-0.3, -0.25) is 9.69 Å². The molecule has 3 aromatic rings. The molecule has 0 atom stereocenters. The van der Waals surface area contributed by atoms with Crippen molar-refractivity contribution in [3.8, 4) is 5.69 Å². The molecule has 4 nitrogen and oxygen atoms in total. The van der Waals surface area contributed by atoms with Crippen LogP contribution in [0.3, 0.4) is 0 Å². The van der Waals surface area contributed by atoms with E-state index in [0.717, 1.165) is 17.8 Å². The molecule has 4 rings (SSSR count). The highest BCUT2D eigenvalue weighted by molar-refractivity contribution is 5.94. The van der Waals surface area contributed by atoms with Gasteiger partial charge in [-0.25, -0.2) is 0 Å². The van der Waals surface area contributed by atoms with Crippen molar-refractivity contribution in [2.45, 2.75) is 25.9 Å². The van der Waals surface area contributed by atoms with Gasteiger partial charge in [-0.2, -0.15) is 0 Å². The van der Waals surface area contributed by atoms with Gasteiger partial charge in [0.05, 0.1) is 0 Å². The van der Waals surface area contributed by atoms with E-state index in [-0.39, 0.29) is 5.91 Å². The fourth-order valence-corrected chi connectivity index (χ4v) is 3.54. The third-order valence-electron chi connectivity index (χ3n) is 5.11. The number of likely N-dealkylation sites (tertiary alicyclic amines) is 1. The van der Waals surface area contributed by atoms with Crippen LogP contribution < -0.4 is 5.32 Å². The third-order valence-corrected chi connectivity index (χ3v) is 5.11. The van der Waals surface area contributed by atoms with Crippen molar-refractivity contribution in [3.63, 3.8) is 0 Å². The fourth-order valence-electron chi connectivity index (χ4n) is 3.54. The Morgan fingerprint density at radius 1 is 0.852 bits per heavy atom. The summed E-state index contributed by atoms with van der Waals surface area (Å²) < 4.78 is 2.02. The summed E-state index contributed by atoms with van der Waals surface area (Å²) in [6.45, 7) is 3.99. The summed E-state index contributed by atoms with van der Waals surface area (Å²) >= 11 is 0. The van der Waals surface area contributed by atoms with Crippen LogP contribution in [0.4, 0.5) is 0 Å². The summed E-state index contributed by atoms with van der Waals surface area (Å²) in [5.74, 6) is -0.0461. The van der Waals surface area contributed by atoms with E-state index in [9.17, 15) is 4.79 Å². The molecule has 138 valence electrons. The molecule has 1 N–H and O–H groups in total. The number of hydrogen-bond donors (Lipinski definition) is 1. The number of benzene rings is 2. The molecule has 2 heterocycles. The molecule has 1 aliphatic rings. The van der Waals surface area contributed by atoms with Crippen molar-refractivity contribution in [1.82, 2.24) is 14.8 Å². The second-order valence-corrected chi connectivity index (χ2v) is 7.12. The fraction of sp³-hybridized carbons (Fsp3) is 0.261. The Morgan fingerprint density at radius 3 is 2.15 bits per heavy atom. The van der Waals surface area contributed by atoms with Crippen LogP contribution in [0, 0.1) is 0 Å². The molecule has 2 aromatic carbocycles. The highest BCUT2D eigenvalue weighted by Gasteiger charge is 2.11. The monoisotopic (exact) mass is 359 g/mol. The number of rotatable bonds is 6. The molecule has 0 bridgehead atoms. The van der Waals surface area contributed by atoms with Gasteiger partial charge in [0.25, 0.3) is 5.91 Å². The van der Waals surface area contributed by atoms with Crippen LogP contribution in [0.15, 0.2) is 73.1 Å². The Morgan fingerprint density at radius 2 is 1.48 bits per heavy atom. The number of amides is 1. The lowest BCUT2D eigenvalue weighted by Crippen LogP contribution is -2.22. The van der Waals surface area contributed by atoms with E-state index in [2.05, 4.69) is 34.5 Å². The molecule has 0 radical (unpaired) electrons. The van der Waals surface area contributed by atoms with E-state index in [1.807, 2.05) is 53.4 Å². The van der Waals surface area contributed by atoms with E-state index >= 15 is 0 Å². The highest BCUT2D eigenvalue weighted by Crippen LogP contribution is 2.14. The van der Waals surface area contributed by atoms with Crippen LogP contribution in [0.1, 0.15) is 34.3 Å². The number of carbonyl (C=O) groups excluding carboxylic acids is 1. The van der Waals surface area contributed by atoms with Gasteiger partial charge in [-0.05, 0) is 73.5 Å². The van der Waals surface area contributed by atoms with E-state index in [1.54, 1.807) is 0 Å². The minimum atomic E-state index is -0.0461. The topological polar surface area (TPSA) is 37.3 Å². The predicted octanol–water partition coefficient (Wildman–Crippen LogP) is 4.00. The zero-order valence-corrected chi connectivity index (χ0v) is 15.5.